The van der Waals surface area contributed by atoms with E-state index in [2.05, 4.69) is 5.43 Å². The van der Waals surface area contributed by atoms with Crippen LogP contribution < -0.4 is 19.7 Å². The summed E-state index contributed by atoms with van der Waals surface area (Å²) in [4.78, 5) is 26.3. The van der Waals surface area contributed by atoms with Crippen molar-refractivity contribution in [1.29, 1.82) is 0 Å². The lowest BCUT2D eigenvalue weighted by molar-refractivity contribution is -0.131. The third-order valence-electron chi connectivity index (χ3n) is 4.04. The standard InChI is InChI=1S/C19H22N2O7S2/c1-5-14-11(2)8-15(29-14)19(24)20-21-30(25,26)16-10-12(6-7-17(22)23)9-13(27-3)18(16)28-4/h6-10,21H,5H2,1-4H3,(H,20,24)(H,22,23)/b7-6+. The molecular weight excluding hydrogens is 432 g/mol. The first-order valence-electron chi connectivity index (χ1n) is 8.71. The fourth-order valence-electron chi connectivity index (χ4n) is 2.63. The van der Waals surface area contributed by atoms with Crippen LogP contribution >= 0.6 is 11.3 Å². The zero-order valence-corrected chi connectivity index (χ0v) is 18.4. The first-order chi connectivity index (χ1) is 14.1. The molecule has 1 heterocycles. The number of aliphatic carboxylic acids is 1. The number of aryl methyl sites for hydroxylation is 2. The molecule has 11 heteroatoms. The van der Waals surface area contributed by atoms with Gasteiger partial charge in [0.25, 0.3) is 15.9 Å². The Hall–Kier alpha value is -2.89. The molecule has 30 heavy (non-hydrogen) atoms. The smallest absolute Gasteiger partial charge is 0.328 e. The molecule has 162 valence electrons. The molecule has 0 unspecified atom stereocenters. The van der Waals surface area contributed by atoms with Gasteiger partial charge in [-0.05, 0) is 48.7 Å². The molecule has 2 rings (SSSR count). The second-order valence-electron chi connectivity index (χ2n) is 6.06. The van der Waals surface area contributed by atoms with Gasteiger partial charge in [0.05, 0.1) is 19.1 Å². The summed E-state index contributed by atoms with van der Waals surface area (Å²) in [5.41, 5.74) is 3.40. The van der Waals surface area contributed by atoms with Crippen molar-refractivity contribution in [2.24, 2.45) is 0 Å². The maximum absolute atomic E-state index is 12.8. The van der Waals surface area contributed by atoms with E-state index in [1.807, 2.05) is 18.7 Å². The molecule has 0 aliphatic carbocycles. The lowest BCUT2D eigenvalue weighted by Gasteiger charge is -2.15. The largest absolute Gasteiger partial charge is 0.493 e. The van der Waals surface area contributed by atoms with Gasteiger partial charge in [0.15, 0.2) is 11.5 Å². The molecule has 3 N–H and O–H groups in total. The molecule has 2 aromatic rings. The van der Waals surface area contributed by atoms with E-state index in [0.29, 0.717) is 4.88 Å². The van der Waals surface area contributed by atoms with Crippen molar-refractivity contribution in [2.75, 3.05) is 14.2 Å². The van der Waals surface area contributed by atoms with E-state index < -0.39 is 21.9 Å². The summed E-state index contributed by atoms with van der Waals surface area (Å²) in [5.74, 6) is -1.80. The number of benzene rings is 1. The lowest BCUT2D eigenvalue weighted by atomic mass is 10.2. The van der Waals surface area contributed by atoms with E-state index in [0.717, 1.165) is 22.9 Å². The fraction of sp³-hybridized carbons (Fsp3) is 0.263. The van der Waals surface area contributed by atoms with Crippen LogP contribution in [0.4, 0.5) is 0 Å². The van der Waals surface area contributed by atoms with Crippen LogP contribution in [-0.4, -0.2) is 39.6 Å². The van der Waals surface area contributed by atoms with Crippen LogP contribution in [0.25, 0.3) is 6.08 Å². The number of sulfonamides is 1. The summed E-state index contributed by atoms with van der Waals surface area (Å²) >= 11 is 1.28. The number of thiophene rings is 1. The van der Waals surface area contributed by atoms with Crippen molar-refractivity contribution < 1.29 is 32.6 Å². The van der Waals surface area contributed by atoms with Crippen LogP contribution in [0.15, 0.2) is 29.2 Å². The molecule has 0 radical (unpaired) electrons. The molecule has 0 saturated carbocycles. The minimum absolute atomic E-state index is 0.0817. The minimum atomic E-state index is -4.27. The second kappa shape index (κ2) is 9.74. The molecule has 0 saturated heterocycles. The van der Waals surface area contributed by atoms with Gasteiger partial charge in [-0.3, -0.25) is 10.2 Å². The second-order valence-corrected chi connectivity index (χ2v) is 8.84. The third kappa shape index (κ3) is 5.38. The first-order valence-corrected chi connectivity index (χ1v) is 11.0. The van der Waals surface area contributed by atoms with Crippen molar-refractivity contribution in [3.63, 3.8) is 0 Å². The normalized spacial score (nSPS) is 11.5. The number of carboxylic acids is 1. The van der Waals surface area contributed by atoms with Crippen LogP contribution in [0.5, 0.6) is 11.5 Å². The predicted molar refractivity (Wildman–Crippen MR) is 112 cm³/mol. The van der Waals surface area contributed by atoms with E-state index in [-0.39, 0.29) is 22.0 Å². The number of methoxy groups -OCH3 is 2. The lowest BCUT2D eigenvalue weighted by Crippen LogP contribution is -2.41. The maximum Gasteiger partial charge on any atom is 0.328 e. The molecule has 9 nitrogen and oxygen atoms in total. The molecule has 0 spiro atoms. The number of hydrazine groups is 1. The number of amides is 1. The number of hydrogen-bond donors (Lipinski definition) is 3. The number of rotatable bonds is 9. The van der Waals surface area contributed by atoms with Crippen molar-refractivity contribution in [1.82, 2.24) is 10.3 Å². The summed E-state index contributed by atoms with van der Waals surface area (Å²) in [7, 11) is -1.69. The maximum atomic E-state index is 12.8. The Labute approximate surface area is 178 Å². The van der Waals surface area contributed by atoms with Crippen LogP contribution in [0.1, 0.15) is 32.6 Å². The Morgan fingerprint density at radius 1 is 1.20 bits per heavy atom. The van der Waals surface area contributed by atoms with Gasteiger partial charge in [-0.2, -0.15) is 0 Å². The van der Waals surface area contributed by atoms with Gasteiger partial charge >= 0.3 is 5.97 Å². The minimum Gasteiger partial charge on any atom is -0.493 e. The summed E-state index contributed by atoms with van der Waals surface area (Å²) in [6.07, 6.45) is 2.84. The van der Waals surface area contributed by atoms with Gasteiger partial charge in [0.1, 0.15) is 4.90 Å². The zero-order valence-electron chi connectivity index (χ0n) is 16.8. The predicted octanol–water partition coefficient (Wildman–Crippen LogP) is 2.36. The Bertz CT molecular complexity index is 1090. The van der Waals surface area contributed by atoms with E-state index >= 15 is 0 Å². The Kier molecular flexibility index (Phi) is 7.59. The van der Waals surface area contributed by atoms with E-state index in [4.69, 9.17) is 14.6 Å². The molecule has 1 aromatic heterocycles. The molecule has 0 atom stereocenters. The zero-order chi connectivity index (χ0) is 22.5. The van der Waals surface area contributed by atoms with Crippen molar-refractivity contribution >= 4 is 39.3 Å². The van der Waals surface area contributed by atoms with Gasteiger partial charge in [0.2, 0.25) is 0 Å². The number of hydrogen-bond acceptors (Lipinski definition) is 7. The Balaban J connectivity index is 2.36. The van der Waals surface area contributed by atoms with Crippen molar-refractivity contribution in [3.8, 4) is 11.5 Å². The van der Waals surface area contributed by atoms with Gasteiger partial charge < -0.3 is 14.6 Å². The highest BCUT2D eigenvalue weighted by Crippen LogP contribution is 2.36. The molecule has 0 aliphatic rings. The average Bonchev–Trinajstić information content (AvgIpc) is 3.10. The summed E-state index contributed by atoms with van der Waals surface area (Å²) in [6.45, 7) is 3.85. The molecule has 0 aliphatic heterocycles. The van der Waals surface area contributed by atoms with Gasteiger partial charge in [-0.1, -0.05) is 6.92 Å². The van der Waals surface area contributed by atoms with Crippen molar-refractivity contribution in [2.45, 2.75) is 25.2 Å². The SMILES string of the molecule is CCc1sc(C(=O)NNS(=O)(=O)c2cc(/C=C/C(=O)O)cc(OC)c2OC)cc1C. The molecule has 1 amide bonds. The fourth-order valence-corrected chi connectivity index (χ4v) is 4.69. The highest BCUT2D eigenvalue weighted by atomic mass is 32.2. The highest BCUT2D eigenvalue weighted by molar-refractivity contribution is 7.89. The number of nitrogens with one attached hydrogen (secondary N) is 2. The van der Waals surface area contributed by atoms with Crippen LogP contribution in [0.3, 0.4) is 0 Å². The van der Waals surface area contributed by atoms with Gasteiger partial charge in [-0.25, -0.2) is 13.2 Å². The van der Waals surface area contributed by atoms with Crippen LogP contribution in [0, 0.1) is 6.92 Å². The molecule has 0 fully saturated rings. The molecular formula is C19H22N2O7S2. The topological polar surface area (TPSA) is 131 Å². The van der Waals surface area contributed by atoms with Gasteiger partial charge in [0, 0.05) is 11.0 Å². The Morgan fingerprint density at radius 3 is 2.43 bits per heavy atom. The van der Waals surface area contributed by atoms with Crippen LogP contribution in [0.2, 0.25) is 0 Å². The first kappa shape index (κ1) is 23.4. The highest BCUT2D eigenvalue weighted by Gasteiger charge is 2.25. The summed E-state index contributed by atoms with van der Waals surface area (Å²) < 4.78 is 36.0. The monoisotopic (exact) mass is 454 g/mol. The quantitative estimate of drug-likeness (QED) is 0.391. The summed E-state index contributed by atoms with van der Waals surface area (Å²) in [5, 5.41) is 8.80. The van der Waals surface area contributed by atoms with Gasteiger partial charge in [-0.15, -0.1) is 16.2 Å². The molecule has 1 aromatic carbocycles. The Morgan fingerprint density at radius 2 is 1.90 bits per heavy atom. The third-order valence-corrected chi connectivity index (χ3v) is 6.67. The molecule has 0 bridgehead atoms. The van der Waals surface area contributed by atoms with E-state index in [9.17, 15) is 18.0 Å². The van der Waals surface area contributed by atoms with E-state index in [1.165, 1.54) is 43.8 Å². The average molecular weight is 455 g/mol. The number of ether oxygens (including phenoxy) is 2. The number of carbonyl (C=O) groups is 2. The van der Waals surface area contributed by atoms with Crippen molar-refractivity contribution in [3.05, 3.63) is 45.2 Å². The van der Waals surface area contributed by atoms with E-state index in [1.54, 1.807) is 6.07 Å². The van der Waals surface area contributed by atoms with Crippen LogP contribution in [-0.2, 0) is 21.2 Å². The number of carbonyl (C=O) groups excluding carboxylic acids is 1. The number of carboxylic acid groups (broad SMARTS) is 1. The summed E-state index contributed by atoms with van der Waals surface area (Å²) in [6, 6.07) is 4.32.